The average Bonchev–Trinajstić information content (AvgIpc) is 3.36. The average molecular weight is 402 g/mol. The number of rotatable bonds is 6. The van der Waals surface area contributed by atoms with Crippen molar-refractivity contribution in [1.29, 1.82) is 0 Å². The fourth-order valence-corrected chi connectivity index (χ4v) is 4.85. The number of anilines is 2. The van der Waals surface area contributed by atoms with Gasteiger partial charge in [-0.3, -0.25) is 0 Å². The molecule has 9 heteroatoms. The first-order valence-electron chi connectivity index (χ1n) is 7.88. The number of hydrogen-bond donors (Lipinski definition) is 1. The first-order chi connectivity index (χ1) is 12.7. The number of thiophene rings is 1. The van der Waals surface area contributed by atoms with Crippen LogP contribution in [0.3, 0.4) is 0 Å². The highest BCUT2D eigenvalue weighted by atomic mass is 32.2. The van der Waals surface area contributed by atoms with Crippen molar-refractivity contribution < 1.29 is 4.42 Å². The summed E-state index contributed by atoms with van der Waals surface area (Å²) >= 11 is 4.64. The second-order valence-corrected chi connectivity index (χ2v) is 9.06. The van der Waals surface area contributed by atoms with Crippen molar-refractivity contribution in [2.45, 2.75) is 23.4 Å². The highest BCUT2D eigenvalue weighted by molar-refractivity contribution is 8.01. The van der Waals surface area contributed by atoms with Crippen LogP contribution in [-0.2, 0) is 0 Å². The SMILES string of the molecule is Cc1cccc(Nc2nnc(S[C@@H](C)c3nnc(-c4cccs4)o3)s2)c1. The molecule has 0 spiro atoms. The van der Waals surface area contributed by atoms with Crippen molar-refractivity contribution in [3.05, 3.63) is 53.2 Å². The van der Waals surface area contributed by atoms with Crippen molar-refractivity contribution in [2.24, 2.45) is 0 Å². The Kier molecular flexibility index (Phi) is 5.00. The summed E-state index contributed by atoms with van der Waals surface area (Å²) in [5.41, 5.74) is 2.20. The monoisotopic (exact) mass is 401 g/mol. The van der Waals surface area contributed by atoms with Gasteiger partial charge in [0.15, 0.2) is 4.34 Å². The van der Waals surface area contributed by atoms with Crippen molar-refractivity contribution >= 4 is 45.3 Å². The molecule has 4 rings (SSSR count). The third-order valence-corrected chi connectivity index (χ3v) is 6.34. The standard InChI is InChI=1S/C17H15N5OS3/c1-10-5-3-6-12(9-10)18-16-21-22-17(26-16)25-11(2)14-19-20-15(23-14)13-7-4-8-24-13/h3-9,11H,1-2H3,(H,18,21)/t11-/m0/s1. The molecule has 0 bridgehead atoms. The second kappa shape index (κ2) is 7.56. The fourth-order valence-electron chi connectivity index (χ4n) is 2.25. The highest BCUT2D eigenvalue weighted by Gasteiger charge is 2.19. The molecule has 6 nitrogen and oxygen atoms in total. The third kappa shape index (κ3) is 3.95. The van der Waals surface area contributed by atoms with Crippen LogP contribution in [0.2, 0.25) is 0 Å². The number of aromatic nitrogens is 4. The number of nitrogens with one attached hydrogen (secondary N) is 1. The van der Waals surface area contributed by atoms with Gasteiger partial charge in [-0.2, -0.15) is 0 Å². The molecule has 0 amide bonds. The van der Waals surface area contributed by atoms with E-state index in [0.717, 1.165) is 20.0 Å². The lowest BCUT2D eigenvalue weighted by Crippen LogP contribution is -1.89. The summed E-state index contributed by atoms with van der Waals surface area (Å²) in [6, 6.07) is 12.1. The van der Waals surface area contributed by atoms with Crippen LogP contribution in [-0.4, -0.2) is 20.4 Å². The number of aryl methyl sites for hydroxylation is 1. The molecule has 0 aliphatic rings. The van der Waals surface area contributed by atoms with Crippen LogP contribution in [0.4, 0.5) is 10.8 Å². The maximum Gasteiger partial charge on any atom is 0.257 e. The minimum absolute atomic E-state index is 0.00372. The van der Waals surface area contributed by atoms with Gasteiger partial charge in [-0.25, -0.2) is 0 Å². The van der Waals surface area contributed by atoms with Crippen LogP contribution in [0.25, 0.3) is 10.8 Å². The molecule has 0 radical (unpaired) electrons. The molecular formula is C17H15N5OS3. The summed E-state index contributed by atoms with van der Waals surface area (Å²) < 4.78 is 6.64. The Balaban J connectivity index is 1.42. The summed E-state index contributed by atoms with van der Waals surface area (Å²) in [7, 11) is 0. The Bertz CT molecular complexity index is 995. The van der Waals surface area contributed by atoms with Gasteiger partial charge in [-0.15, -0.1) is 31.7 Å². The molecule has 4 aromatic rings. The van der Waals surface area contributed by atoms with Gasteiger partial charge in [0.1, 0.15) is 0 Å². The summed E-state index contributed by atoms with van der Waals surface area (Å²) in [6.07, 6.45) is 0. The van der Waals surface area contributed by atoms with E-state index in [1.807, 2.05) is 36.6 Å². The van der Waals surface area contributed by atoms with Gasteiger partial charge in [0.2, 0.25) is 11.0 Å². The van der Waals surface area contributed by atoms with E-state index < -0.39 is 0 Å². The molecule has 3 heterocycles. The van der Waals surface area contributed by atoms with E-state index in [2.05, 4.69) is 44.8 Å². The molecule has 1 atom stereocenters. The van der Waals surface area contributed by atoms with Gasteiger partial charge in [0.25, 0.3) is 5.89 Å². The minimum Gasteiger partial charge on any atom is -0.419 e. The third-order valence-electron chi connectivity index (χ3n) is 3.47. The first kappa shape index (κ1) is 17.2. The quantitative estimate of drug-likeness (QED) is 0.424. The van der Waals surface area contributed by atoms with E-state index in [1.165, 1.54) is 16.9 Å². The van der Waals surface area contributed by atoms with Crippen LogP contribution in [0.15, 0.2) is 50.5 Å². The Morgan fingerprint density at radius 3 is 2.85 bits per heavy atom. The van der Waals surface area contributed by atoms with Crippen molar-refractivity contribution in [3.63, 3.8) is 0 Å². The molecule has 0 saturated carbocycles. The first-order valence-corrected chi connectivity index (χ1v) is 10.5. The summed E-state index contributed by atoms with van der Waals surface area (Å²) in [4.78, 5) is 0.974. The van der Waals surface area contributed by atoms with E-state index in [1.54, 1.807) is 23.1 Å². The smallest absolute Gasteiger partial charge is 0.257 e. The van der Waals surface area contributed by atoms with Crippen molar-refractivity contribution in [3.8, 4) is 10.8 Å². The predicted octanol–water partition coefficient (Wildman–Crippen LogP) is 5.55. The van der Waals surface area contributed by atoms with E-state index >= 15 is 0 Å². The zero-order valence-corrected chi connectivity index (χ0v) is 16.5. The topological polar surface area (TPSA) is 76.7 Å². The predicted molar refractivity (Wildman–Crippen MR) is 106 cm³/mol. The Hall–Kier alpha value is -2.23. The Labute approximate surface area is 162 Å². The van der Waals surface area contributed by atoms with Gasteiger partial charge in [-0.05, 0) is 43.0 Å². The molecular weight excluding hydrogens is 386 g/mol. The zero-order valence-electron chi connectivity index (χ0n) is 14.0. The molecule has 3 aromatic heterocycles. The number of hydrogen-bond acceptors (Lipinski definition) is 9. The molecule has 0 aliphatic heterocycles. The molecule has 132 valence electrons. The molecule has 1 N–H and O–H groups in total. The van der Waals surface area contributed by atoms with Crippen LogP contribution >= 0.6 is 34.4 Å². The summed E-state index contributed by atoms with van der Waals surface area (Å²) in [6.45, 7) is 4.08. The largest absolute Gasteiger partial charge is 0.419 e. The fraction of sp³-hybridized carbons (Fsp3) is 0.176. The van der Waals surface area contributed by atoms with Crippen LogP contribution in [0.5, 0.6) is 0 Å². The maximum absolute atomic E-state index is 5.79. The summed E-state index contributed by atoms with van der Waals surface area (Å²) in [5, 5.41) is 22.8. The van der Waals surface area contributed by atoms with Crippen LogP contribution in [0.1, 0.15) is 23.6 Å². The lowest BCUT2D eigenvalue weighted by atomic mass is 10.2. The number of benzene rings is 1. The molecule has 0 unspecified atom stereocenters. The van der Waals surface area contributed by atoms with Crippen molar-refractivity contribution in [1.82, 2.24) is 20.4 Å². The van der Waals surface area contributed by atoms with E-state index in [-0.39, 0.29) is 5.25 Å². The van der Waals surface area contributed by atoms with Gasteiger partial charge in [0, 0.05) is 5.69 Å². The van der Waals surface area contributed by atoms with Crippen LogP contribution in [0, 0.1) is 6.92 Å². The Morgan fingerprint density at radius 2 is 2.04 bits per heavy atom. The summed E-state index contributed by atoms with van der Waals surface area (Å²) in [5.74, 6) is 1.14. The van der Waals surface area contributed by atoms with Gasteiger partial charge in [0.05, 0.1) is 10.1 Å². The van der Waals surface area contributed by atoms with Crippen LogP contribution < -0.4 is 5.32 Å². The van der Waals surface area contributed by atoms with E-state index in [0.29, 0.717) is 11.8 Å². The minimum atomic E-state index is -0.00372. The zero-order chi connectivity index (χ0) is 17.9. The van der Waals surface area contributed by atoms with E-state index in [4.69, 9.17) is 4.42 Å². The maximum atomic E-state index is 5.79. The van der Waals surface area contributed by atoms with Gasteiger partial charge >= 0.3 is 0 Å². The van der Waals surface area contributed by atoms with Crippen molar-refractivity contribution in [2.75, 3.05) is 5.32 Å². The van der Waals surface area contributed by atoms with Gasteiger partial charge < -0.3 is 9.73 Å². The van der Waals surface area contributed by atoms with Gasteiger partial charge in [-0.1, -0.05) is 41.3 Å². The lowest BCUT2D eigenvalue weighted by molar-refractivity contribution is 0.510. The molecule has 0 aliphatic carbocycles. The highest BCUT2D eigenvalue weighted by Crippen LogP contribution is 2.38. The Morgan fingerprint density at radius 1 is 1.12 bits per heavy atom. The number of thioether (sulfide) groups is 1. The van der Waals surface area contributed by atoms with E-state index in [9.17, 15) is 0 Å². The molecule has 0 fully saturated rings. The molecule has 1 aromatic carbocycles. The normalized spacial score (nSPS) is 12.2. The number of nitrogens with zero attached hydrogens (tertiary/aromatic N) is 4. The molecule has 0 saturated heterocycles. The lowest BCUT2D eigenvalue weighted by Gasteiger charge is -2.03. The second-order valence-electron chi connectivity index (χ2n) is 5.55. The molecule has 26 heavy (non-hydrogen) atoms.